The Kier molecular flexibility index (Phi) is 5.77. The topological polar surface area (TPSA) is 12.0 Å². The lowest BCUT2D eigenvalue weighted by Crippen LogP contribution is -2.35. The predicted octanol–water partition coefficient (Wildman–Crippen LogP) is 4.08. The smallest absolute Gasteiger partial charge is 0.0164 e. The summed E-state index contributed by atoms with van der Waals surface area (Å²) in [6.45, 7) is 7.91. The molecular weight excluding hydrogens is 250 g/mol. The number of benzene rings is 1. The van der Waals surface area contributed by atoms with Crippen molar-refractivity contribution in [3.8, 4) is 0 Å². The van der Waals surface area contributed by atoms with Crippen LogP contribution >= 0.6 is 11.8 Å². The minimum Gasteiger partial charge on any atom is -0.313 e. The van der Waals surface area contributed by atoms with E-state index in [2.05, 4.69) is 62.1 Å². The van der Waals surface area contributed by atoms with Gasteiger partial charge in [-0.05, 0) is 48.1 Å². The molecule has 0 saturated heterocycles. The predicted molar refractivity (Wildman–Crippen MR) is 87.1 cm³/mol. The fourth-order valence-corrected chi connectivity index (χ4v) is 4.01. The van der Waals surface area contributed by atoms with Gasteiger partial charge in [0.15, 0.2) is 0 Å². The maximum Gasteiger partial charge on any atom is 0.0164 e. The van der Waals surface area contributed by atoms with Gasteiger partial charge in [-0.3, -0.25) is 0 Å². The van der Waals surface area contributed by atoms with Gasteiger partial charge >= 0.3 is 0 Å². The van der Waals surface area contributed by atoms with E-state index in [1.165, 1.54) is 24.3 Å². The summed E-state index contributed by atoms with van der Waals surface area (Å²) in [5.74, 6) is 4.13. The van der Waals surface area contributed by atoms with E-state index in [9.17, 15) is 0 Å². The van der Waals surface area contributed by atoms with Gasteiger partial charge in [-0.15, -0.1) is 0 Å². The largest absolute Gasteiger partial charge is 0.313 e. The fraction of sp³-hybridized carbons (Fsp3) is 0.647. The lowest BCUT2D eigenvalue weighted by atomic mass is 9.74. The summed E-state index contributed by atoms with van der Waals surface area (Å²) in [6.07, 6.45) is 2.59. The summed E-state index contributed by atoms with van der Waals surface area (Å²) in [5, 5.41) is 3.67. The molecule has 1 aliphatic carbocycles. The zero-order valence-electron chi connectivity index (χ0n) is 12.5. The molecule has 0 amide bonds. The highest BCUT2D eigenvalue weighted by Gasteiger charge is 2.27. The van der Waals surface area contributed by atoms with Crippen molar-refractivity contribution in [2.45, 2.75) is 45.6 Å². The van der Waals surface area contributed by atoms with E-state index in [-0.39, 0.29) is 0 Å². The molecule has 0 aromatic heterocycles. The van der Waals surface area contributed by atoms with Crippen LogP contribution in [0.4, 0.5) is 0 Å². The minimum atomic E-state index is 0.673. The number of nitrogens with one attached hydrogen (secondary N) is 1. The quantitative estimate of drug-likeness (QED) is 0.768. The Morgan fingerprint density at radius 3 is 2.74 bits per heavy atom. The maximum atomic E-state index is 3.67. The third kappa shape index (κ3) is 4.25. The molecule has 2 heteroatoms. The molecule has 2 atom stereocenters. The van der Waals surface area contributed by atoms with Gasteiger partial charge in [-0.1, -0.05) is 45.0 Å². The molecule has 0 heterocycles. The number of rotatable bonds is 8. The average molecular weight is 277 g/mol. The molecule has 2 unspecified atom stereocenters. The molecule has 0 aliphatic heterocycles. The summed E-state index contributed by atoms with van der Waals surface area (Å²) in [5.41, 5.74) is 3.16. The highest BCUT2D eigenvalue weighted by atomic mass is 32.2. The van der Waals surface area contributed by atoms with E-state index in [1.54, 1.807) is 11.1 Å². The van der Waals surface area contributed by atoms with Gasteiger partial charge in [0.05, 0.1) is 0 Å². The highest BCUT2D eigenvalue weighted by molar-refractivity contribution is 7.99. The van der Waals surface area contributed by atoms with Crippen LogP contribution in [-0.4, -0.2) is 24.1 Å². The van der Waals surface area contributed by atoms with Gasteiger partial charge < -0.3 is 5.32 Å². The Morgan fingerprint density at radius 1 is 1.26 bits per heavy atom. The molecule has 0 radical (unpaired) electrons. The van der Waals surface area contributed by atoms with E-state index in [4.69, 9.17) is 0 Å². The molecule has 106 valence electrons. The van der Waals surface area contributed by atoms with Crippen molar-refractivity contribution in [3.05, 3.63) is 35.4 Å². The zero-order valence-corrected chi connectivity index (χ0v) is 13.3. The lowest BCUT2D eigenvalue weighted by Gasteiger charge is -2.33. The van der Waals surface area contributed by atoms with Crippen molar-refractivity contribution in [3.63, 3.8) is 0 Å². The molecular formula is C17H27NS. The third-order valence-electron chi connectivity index (χ3n) is 3.79. The second kappa shape index (κ2) is 7.35. The molecule has 1 nitrogen and oxygen atoms in total. The van der Waals surface area contributed by atoms with E-state index in [0.29, 0.717) is 6.04 Å². The lowest BCUT2D eigenvalue weighted by molar-refractivity contribution is 0.452. The van der Waals surface area contributed by atoms with Gasteiger partial charge in [0.2, 0.25) is 0 Å². The molecule has 0 fully saturated rings. The van der Waals surface area contributed by atoms with Crippen LogP contribution in [0.3, 0.4) is 0 Å². The van der Waals surface area contributed by atoms with Crippen LogP contribution in [0, 0.1) is 5.92 Å². The van der Waals surface area contributed by atoms with Crippen LogP contribution in [0.25, 0.3) is 0 Å². The Balaban J connectivity index is 1.81. The highest BCUT2D eigenvalue weighted by Crippen LogP contribution is 2.38. The van der Waals surface area contributed by atoms with Gasteiger partial charge in [-0.2, -0.15) is 11.8 Å². The first-order chi connectivity index (χ1) is 9.20. The second-order valence-corrected chi connectivity index (χ2v) is 7.10. The van der Waals surface area contributed by atoms with Crippen molar-refractivity contribution < 1.29 is 0 Å². The average Bonchev–Trinajstić information content (AvgIpc) is 2.35. The first-order valence-electron chi connectivity index (χ1n) is 7.59. The number of fused-ring (bicyclic) bond motifs is 1. The van der Waals surface area contributed by atoms with Gasteiger partial charge in [0.1, 0.15) is 0 Å². The van der Waals surface area contributed by atoms with Crippen molar-refractivity contribution in [2.75, 3.05) is 18.1 Å². The molecule has 2 rings (SSSR count). The van der Waals surface area contributed by atoms with Crippen molar-refractivity contribution in [2.24, 2.45) is 5.92 Å². The summed E-state index contributed by atoms with van der Waals surface area (Å²) >= 11 is 2.10. The van der Waals surface area contributed by atoms with Crippen LogP contribution in [-0.2, 0) is 6.42 Å². The summed E-state index contributed by atoms with van der Waals surface area (Å²) in [6, 6.07) is 9.61. The summed E-state index contributed by atoms with van der Waals surface area (Å²) in [7, 11) is 0. The first-order valence-corrected chi connectivity index (χ1v) is 8.75. The van der Waals surface area contributed by atoms with E-state index < -0.39 is 0 Å². The van der Waals surface area contributed by atoms with E-state index >= 15 is 0 Å². The van der Waals surface area contributed by atoms with Gasteiger partial charge in [0.25, 0.3) is 0 Å². The van der Waals surface area contributed by atoms with Crippen LogP contribution in [0.15, 0.2) is 24.3 Å². The molecule has 1 N–H and O–H groups in total. The normalized spacial score (nSPS) is 19.1. The fourth-order valence-electron chi connectivity index (χ4n) is 2.86. The van der Waals surface area contributed by atoms with Gasteiger partial charge in [-0.25, -0.2) is 0 Å². The number of thioether (sulfide) groups is 1. The van der Waals surface area contributed by atoms with Crippen molar-refractivity contribution >= 4 is 11.8 Å². The maximum absolute atomic E-state index is 3.67. The molecule has 1 aliphatic rings. The Morgan fingerprint density at radius 2 is 2.05 bits per heavy atom. The molecule has 0 bridgehead atoms. The minimum absolute atomic E-state index is 0.673. The Hall–Kier alpha value is -0.470. The number of hydrogen-bond donors (Lipinski definition) is 1. The van der Waals surface area contributed by atoms with Crippen LogP contribution < -0.4 is 5.32 Å². The zero-order chi connectivity index (χ0) is 13.7. The molecule has 1 aromatic carbocycles. The van der Waals surface area contributed by atoms with Crippen molar-refractivity contribution in [1.82, 2.24) is 5.32 Å². The molecule has 19 heavy (non-hydrogen) atoms. The Bertz CT molecular complexity index is 389. The SMILES string of the molecule is CCNC(CSCC(C)C)CC1Cc2ccccc21. The molecule has 1 aromatic rings. The third-order valence-corrected chi connectivity index (χ3v) is 5.33. The van der Waals surface area contributed by atoms with Gasteiger partial charge in [0, 0.05) is 11.8 Å². The van der Waals surface area contributed by atoms with E-state index in [1.807, 2.05) is 0 Å². The molecule has 0 saturated carbocycles. The molecule has 0 spiro atoms. The van der Waals surface area contributed by atoms with E-state index in [0.717, 1.165) is 18.4 Å². The van der Waals surface area contributed by atoms with Crippen LogP contribution in [0.5, 0.6) is 0 Å². The van der Waals surface area contributed by atoms with Crippen LogP contribution in [0.2, 0.25) is 0 Å². The first kappa shape index (κ1) is 14.9. The summed E-state index contributed by atoms with van der Waals surface area (Å²) in [4.78, 5) is 0. The summed E-state index contributed by atoms with van der Waals surface area (Å²) < 4.78 is 0. The monoisotopic (exact) mass is 277 g/mol. The van der Waals surface area contributed by atoms with Crippen LogP contribution in [0.1, 0.15) is 44.2 Å². The van der Waals surface area contributed by atoms with Crippen molar-refractivity contribution in [1.29, 1.82) is 0 Å². The second-order valence-electron chi connectivity index (χ2n) is 6.02. The standard InChI is InChI=1S/C17H27NS/c1-4-18-16(12-19-11-13(2)3)10-15-9-14-7-5-6-8-17(14)15/h5-8,13,15-16,18H,4,9-12H2,1-3H3. The number of hydrogen-bond acceptors (Lipinski definition) is 2. The Labute approximate surface area is 122 Å².